The molecule has 2 aromatic carbocycles. The molecular weight excluding hydrogens is 566 g/mol. The molecule has 1 fully saturated rings. The van der Waals surface area contributed by atoms with Crippen LogP contribution in [0.15, 0.2) is 41.3 Å². The second-order valence-electron chi connectivity index (χ2n) is 14.8. The summed E-state index contributed by atoms with van der Waals surface area (Å²) in [5.74, 6) is -1.27. The summed E-state index contributed by atoms with van der Waals surface area (Å²) in [5.41, 5.74) is 3.39. The van der Waals surface area contributed by atoms with Crippen LogP contribution in [-0.2, 0) is 26.8 Å². The first kappa shape index (κ1) is 31.1. The fourth-order valence-corrected chi connectivity index (χ4v) is 9.00. The topological polar surface area (TPSA) is 113 Å². The van der Waals surface area contributed by atoms with Gasteiger partial charge in [0.25, 0.3) is 0 Å². The number of carbonyl (C=O) groups is 3. The number of aryl methyl sites for hydroxylation is 1. The Morgan fingerprint density at radius 1 is 1.09 bits per heavy atom. The SMILES string of the molecule is CC(=O)c1c(O)c(C)c(O)c2c1OC1=CC(=O)C(=C(C)NC[C@]3(C)CCC[C@]4(C)c5ccc(C(C)C)cc5CC[C@@H]34)C(=O)[C@@]12C. The lowest BCUT2D eigenvalue weighted by atomic mass is 9.49. The van der Waals surface area contributed by atoms with E-state index < -0.39 is 28.5 Å². The zero-order valence-electron chi connectivity index (χ0n) is 27.7. The Morgan fingerprint density at radius 2 is 1.80 bits per heavy atom. The summed E-state index contributed by atoms with van der Waals surface area (Å²) in [7, 11) is 0. The minimum atomic E-state index is -1.52. The first-order chi connectivity index (χ1) is 21.1. The van der Waals surface area contributed by atoms with E-state index in [1.54, 1.807) is 13.8 Å². The van der Waals surface area contributed by atoms with Crippen LogP contribution in [-0.4, -0.2) is 34.1 Å². The molecule has 3 N–H and O–H groups in total. The maximum Gasteiger partial charge on any atom is 0.194 e. The molecule has 238 valence electrons. The number of benzene rings is 2. The summed E-state index contributed by atoms with van der Waals surface area (Å²) in [6.07, 6.45) is 6.72. The molecule has 0 spiro atoms. The number of rotatable bonds is 5. The van der Waals surface area contributed by atoms with Gasteiger partial charge in [0.05, 0.1) is 11.1 Å². The van der Waals surface area contributed by atoms with E-state index in [-0.39, 0.29) is 50.4 Å². The summed E-state index contributed by atoms with van der Waals surface area (Å²) in [6, 6.07) is 7.07. The van der Waals surface area contributed by atoms with E-state index in [2.05, 4.69) is 51.2 Å². The molecule has 7 heteroatoms. The lowest BCUT2D eigenvalue weighted by Gasteiger charge is -2.55. The lowest BCUT2D eigenvalue weighted by Crippen LogP contribution is -2.52. The number of ketones is 3. The van der Waals surface area contributed by atoms with Crippen LogP contribution in [0.3, 0.4) is 0 Å². The fraction of sp³-hybridized carbons (Fsp3) is 0.500. The van der Waals surface area contributed by atoms with Gasteiger partial charge in [-0.3, -0.25) is 14.4 Å². The van der Waals surface area contributed by atoms with Crippen molar-refractivity contribution in [3.8, 4) is 17.2 Å². The van der Waals surface area contributed by atoms with Crippen LogP contribution in [0.4, 0.5) is 0 Å². The molecule has 0 aromatic heterocycles. The van der Waals surface area contributed by atoms with E-state index in [0.717, 1.165) is 32.1 Å². The highest BCUT2D eigenvalue weighted by atomic mass is 16.5. The third kappa shape index (κ3) is 4.33. The molecular formula is C38H45NO6. The molecule has 0 unspecified atom stereocenters. The molecule has 3 aliphatic carbocycles. The summed E-state index contributed by atoms with van der Waals surface area (Å²) in [5, 5.41) is 25.3. The Hall–Kier alpha value is -3.87. The van der Waals surface area contributed by atoms with Gasteiger partial charge in [0.2, 0.25) is 0 Å². The number of hydrogen-bond donors (Lipinski definition) is 3. The number of aromatic hydroxyl groups is 2. The highest BCUT2D eigenvalue weighted by Crippen LogP contribution is 2.59. The zero-order chi connectivity index (χ0) is 32.8. The van der Waals surface area contributed by atoms with E-state index in [1.165, 1.54) is 36.6 Å². The van der Waals surface area contributed by atoms with Crippen molar-refractivity contribution in [3.05, 3.63) is 74.7 Å². The molecule has 4 atom stereocenters. The zero-order valence-corrected chi connectivity index (χ0v) is 27.7. The van der Waals surface area contributed by atoms with Crippen LogP contribution >= 0.6 is 0 Å². The second kappa shape index (κ2) is 10.3. The number of Topliss-reactive ketones (excluding diaryl/α,β-unsaturated/α-hetero) is 2. The molecule has 0 bridgehead atoms. The minimum absolute atomic E-state index is 0.0181. The first-order valence-electron chi connectivity index (χ1n) is 16.2. The van der Waals surface area contributed by atoms with Gasteiger partial charge < -0.3 is 20.3 Å². The summed E-state index contributed by atoms with van der Waals surface area (Å²) < 4.78 is 5.92. The predicted octanol–water partition coefficient (Wildman–Crippen LogP) is 6.99. The van der Waals surface area contributed by atoms with Crippen LogP contribution in [0, 0.1) is 18.3 Å². The average molecular weight is 612 g/mol. The average Bonchev–Trinajstić information content (AvgIpc) is 3.27. The van der Waals surface area contributed by atoms with Crippen LogP contribution < -0.4 is 10.1 Å². The van der Waals surface area contributed by atoms with Crippen molar-refractivity contribution < 1.29 is 29.3 Å². The van der Waals surface area contributed by atoms with Gasteiger partial charge in [0.1, 0.15) is 34.0 Å². The smallest absolute Gasteiger partial charge is 0.194 e. The van der Waals surface area contributed by atoms with Crippen LogP contribution in [0.2, 0.25) is 0 Å². The van der Waals surface area contributed by atoms with Gasteiger partial charge in [-0.2, -0.15) is 0 Å². The Balaban J connectivity index is 1.33. The number of fused-ring (bicyclic) bond motifs is 6. The molecule has 1 saturated carbocycles. The van der Waals surface area contributed by atoms with E-state index in [0.29, 0.717) is 24.1 Å². The van der Waals surface area contributed by atoms with Crippen molar-refractivity contribution in [2.24, 2.45) is 11.3 Å². The van der Waals surface area contributed by atoms with Gasteiger partial charge in [0, 0.05) is 23.9 Å². The summed E-state index contributed by atoms with van der Waals surface area (Å²) in [4.78, 5) is 40.3. The van der Waals surface area contributed by atoms with Gasteiger partial charge >= 0.3 is 0 Å². The van der Waals surface area contributed by atoms with Crippen LogP contribution in [0.5, 0.6) is 17.2 Å². The summed E-state index contributed by atoms with van der Waals surface area (Å²) in [6.45, 7) is 16.0. The van der Waals surface area contributed by atoms with Gasteiger partial charge in [-0.1, -0.05) is 52.3 Å². The standard InChI is InChI=1S/C38H45NO6/c1-19(2)23-10-12-25-24(16-23)11-13-27-36(6,14-9-15-37(25,27)7)18-39-21(4)29-26(41)17-28-38(8,35(29)44)31-33(43)20(3)32(42)30(22(5)40)34(31)45-28/h10,12,16-17,19,27,39,42-43H,9,11,13-15,18H2,1-8H3/t27-,36-,37+,38-/m0/s1. The predicted molar refractivity (Wildman–Crippen MR) is 173 cm³/mol. The number of carbonyl (C=O) groups excluding carboxylic acids is 3. The number of phenolic OH excluding ortho intramolecular Hbond substituents is 2. The highest BCUT2D eigenvalue weighted by Gasteiger charge is 2.57. The van der Waals surface area contributed by atoms with Gasteiger partial charge in [-0.25, -0.2) is 0 Å². The van der Waals surface area contributed by atoms with Gasteiger partial charge in [0.15, 0.2) is 17.3 Å². The number of allylic oxidation sites excluding steroid dienone is 4. The number of phenols is 2. The van der Waals surface area contributed by atoms with Crippen molar-refractivity contribution in [1.82, 2.24) is 5.32 Å². The van der Waals surface area contributed by atoms with Crippen molar-refractivity contribution in [2.45, 2.75) is 104 Å². The van der Waals surface area contributed by atoms with Gasteiger partial charge in [-0.15, -0.1) is 0 Å². The second-order valence-corrected chi connectivity index (χ2v) is 14.8. The van der Waals surface area contributed by atoms with E-state index in [9.17, 15) is 24.6 Å². The Morgan fingerprint density at radius 3 is 2.47 bits per heavy atom. The monoisotopic (exact) mass is 611 g/mol. The quantitative estimate of drug-likeness (QED) is 0.190. The summed E-state index contributed by atoms with van der Waals surface area (Å²) >= 11 is 0. The number of nitrogens with one attached hydrogen (secondary N) is 1. The molecule has 0 amide bonds. The Bertz CT molecular complexity index is 1750. The molecule has 2 aromatic rings. The van der Waals surface area contributed by atoms with Crippen molar-refractivity contribution >= 4 is 17.3 Å². The third-order valence-electron chi connectivity index (χ3n) is 11.7. The maximum atomic E-state index is 14.3. The molecule has 4 aliphatic rings. The minimum Gasteiger partial charge on any atom is -0.507 e. The first-order valence-corrected chi connectivity index (χ1v) is 16.2. The van der Waals surface area contributed by atoms with E-state index in [1.807, 2.05) is 0 Å². The molecule has 7 nitrogen and oxygen atoms in total. The Labute approximate surface area is 265 Å². The molecule has 6 rings (SSSR count). The van der Waals surface area contributed by atoms with Crippen molar-refractivity contribution in [2.75, 3.05) is 6.54 Å². The molecule has 0 radical (unpaired) electrons. The fourth-order valence-electron chi connectivity index (χ4n) is 9.00. The van der Waals surface area contributed by atoms with E-state index >= 15 is 0 Å². The lowest BCUT2D eigenvalue weighted by molar-refractivity contribution is -0.123. The van der Waals surface area contributed by atoms with Crippen molar-refractivity contribution in [3.63, 3.8) is 0 Å². The maximum absolute atomic E-state index is 14.3. The normalized spacial score (nSPS) is 29.7. The number of ether oxygens (including phenoxy) is 1. The van der Waals surface area contributed by atoms with E-state index in [4.69, 9.17) is 4.74 Å². The number of hydrogen-bond acceptors (Lipinski definition) is 7. The molecule has 1 aliphatic heterocycles. The van der Waals surface area contributed by atoms with Crippen LogP contribution in [0.1, 0.15) is 118 Å². The largest absolute Gasteiger partial charge is 0.507 e. The molecule has 0 saturated heterocycles. The molecule has 1 heterocycles. The Kier molecular flexibility index (Phi) is 7.14. The van der Waals surface area contributed by atoms with Crippen LogP contribution in [0.25, 0.3) is 0 Å². The highest BCUT2D eigenvalue weighted by molar-refractivity contribution is 6.31. The van der Waals surface area contributed by atoms with Crippen molar-refractivity contribution in [1.29, 1.82) is 0 Å². The van der Waals surface area contributed by atoms with Gasteiger partial charge in [-0.05, 0) is 92.7 Å². The molecule has 45 heavy (non-hydrogen) atoms. The third-order valence-corrected chi connectivity index (χ3v) is 11.7.